The van der Waals surface area contributed by atoms with E-state index in [2.05, 4.69) is 12.2 Å². The van der Waals surface area contributed by atoms with E-state index in [1.165, 1.54) is 0 Å². The van der Waals surface area contributed by atoms with Gasteiger partial charge in [-0.3, -0.25) is 4.79 Å². The highest BCUT2D eigenvalue weighted by molar-refractivity contribution is 5.94. The Hall–Kier alpha value is -2.40. The molecule has 27 heavy (non-hydrogen) atoms. The molecule has 0 radical (unpaired) electrons. The van der Waals surface area contributed by atoms with E-state index in [-0.39, 0.29) is 18.3 Å². The van der Waals surface area contributed by atoms with Gasteiger partial charge in [0, 0.05) is 17.8 Å². The number of nitrogen functional groups attached to an aromatic ring is 1. The summed E-state index contributed by atoms with van der Waals surface area (Å²) in [5.41, 5.74) is 8.12. The lowest BCUT2D eigenvalue weighted by atomic mass is 10.1. The van der Waals surface area contributed by atoms with Crippen LogP contribution in [0.1, 0.15) is 42.6 Å². The van der Waals surface area contributed by atoms with Gasteiger partial charge in [0.2, 0.25) is 0 Å². The Morgan fingerprint density at radius 1 is 0.963 bits per heavy atom. The van der Waals surface area contributed by atoms with Crippen molar-refractivity contribution in [3.05, 3.63) is 53.6 Å². The molecule has 0 aromatic heterocycles. The Bertz CT molecular complexity index is 705. The van der Waals surface area contributed by atoms with Gasteiger partial charge >= 0.3 is 0 Å². The molecule has 0 fully saturated rings. The number of ether oxygens (including phenoxy) is 2. The molecule has 3 N–H and O–H groups in total. The van der Waals surface area contributed by atoms with E-state index in [0.717, 1.165) is 30.5 Å². The fourth-order valence-electron chi connectivity index (χ4n) is 2.41. The van der Waals surface area contributed by atoms with Gasteiger partial charge in [0.15, 0.2) is 11.5 Å². The SMILES string of the molecule is CCCOc1ccc(C(=O)NCCc2ccc(N)cc2)cc1OCCC.Cl. The Balaban J connectivity index is 0.00000364. The highest BCUT2D eigenvalue weighted by Crippen LogP contribution is 2.29. The van der Waals surface area contributed by atoms with Crippen LogP contribution < -0.4 is 20.5 Å². The van der Waals surface area contributed by atoms with E-state index < -0.39 is 0 Å². The molecule has 0 bridgehead atoms. The van der Waals surface area contributed by atoms with E-state index in [0.29, 0.717) is 36.8 Å². The number of amides is 1. The lowest BCUT2D eigenvalue weighted by Gasteiger charge is -2.13. The summed E-state index contributed by atoms with van der Waals surface area (Å²) in [4.78, 5) is 12.4. The molecule has 0 aliphatic carbocycles. The smallest absolute Gasteiger partial charge is 0.251 e. The predicted octanol–water partition coefficient (Wildman–Crippen LogP) is 4.24. The second-order valence-corrected chi connectivity index (χ2v) is 6.11. The van der Waals surface area contributed by atoms with Crippen molar-refractivity contribution in [2.45, 2.75) is 33.1 Å². The topological polar surface area (TPSA) is 73.6 Å². The van der Waals surface area contributed by atoms with Crippen LogP contribution in [0.15, 0.2) is 42.5 Å². The lowest BCUT2D eigenvalue weighted by Crippen LogP contribution is -2.25. The van der Waals surface area contributed by atoms with Crippen molar-refractivity contribution in [2.24, 2.45) is 0 Å². The van der Waals surface area contributed by atoms with Crippen molar-refractivity contribution in [2.75, 3.05) is 25.5 Å². The van der Waals surface area contributed by atoms with Gasteiger partial charge in [0.1, 0.15) is 0 Å². The molecule has 1 amide bonds. The fourth-order valence-corrected chi connectivity index (χ4v) is 2.41. The van der Waals surface area contributed by atoms with Crippen molar-refractivity contribution in [3.63, 3.8) is 0 Å². The van der Waals surface area contributed by atoms with E-state index >= 15 is 0 Å². The molecule has 6 heteroatoms. The summed E-state index contributed by atoms with van der Waals surface area (Å²) in [6.07, 6.45) is 2.56. The molecule has 0 saturated carbocycles. The van der Waals surface area contributed by atoms with E-state index in [9.17, 15) is 4.79 Å². The van der Waals surface area contributed by atoms with Crippen LogP contribution in [-0.2, 0) is 6.42 Å². The first-order valence-corrected chi connectivity index (χ1v) is 9.16. The molecule has 2 rings (SSSR count). The van der Waals surface area contributed by atoms with Crippen LogP contribution in [0.2, 0.25) is 0 Å². The van der Waals surface area contributed by atoms with Gasteiger partial charge in [-0.25, -0.2) is 0 Å². The molecule has 0 spiro atoms. The molecule has 2 aromatic rings. The third-order valence-electron chi connectivity index (χ3n) is 3.81. The number of hydrogen-bond acceptors (Lipinski definition) is 4. The first-order valence-electron chi connectivity index (χ1n) is 9.16. The van der Waals surface area contributed by atoms with Crippen LogP contribution in [0, 0.1) is 0 Å². The molecule has 0 aliphatic rings. The molecule has 148 valence electrons. The van der Waals surface area contributed by atoms with Crippen LogP contribution in [0.25, 0.3) is 0 Å². The number of halogens is 1. The van der Waals surface area contributed by atoms with Gasteiger partial charge in [0.25, 0.3) is 5.91 Å². The van der Waals surface area contributed by atoms with Gasteiger partial charge in [-0.2, -0.15) is 0 Å². The molecule has 0 unspecified atom stereocenters. The first-order chi connectivity index (χ1) is 12.6. The Labute approximate surface area is 167 Å². The minimum absolute atomic E-state index is 0. The standard InChI is InChI=1S/C21H28N2O3.ClH/c1-3-13-25-19-10-7-17(15-20(19)26-14-4-2)21(24)23-12-11-16-5-8-18(22)9-6-16;/h5-10,15H,3-4,11-14,22H2,1-2H3,(H,23,24);1H. The summed E-state index contributed by atoms with van der Waals surface area (Å²) < 4.78 is 11.4. The zero-order chi connectivity index (χ0) is 18.8. The molecule has 0 atom stereocenters. The Morgan fingerprint density at radius 2 is 1.59 bits per heavy atom. The summed E-state index contributed by atoms with van der Waals surface area (Å²) in [5.74, 6) is 1.18. The highest BCUT2D eigenvalue weighted by Gasteiger charge is 2.11. The average Bonchev–Trinajstić information content (AvgIpc) is 2.66. The molecule has 0 heterocycles. The first kappa shape index (κ1) is 22.6. The van der Waals surface area contributed by atoms with Gasteiger partial charge < -0.3 is 20.5 Å². The number of carbonyl (C=O) groups excluding carboxylic acids is 1. The van der Waals surface area contributed by atoms with Crippen LogP contribution in [0.3, 0.4) is 0 Å². The third-order valence-corrected chi connectivity index (χ3v) is 3.81. The summed E-state index contributed by atoms with van der Waals surface area (Å²) >= 11 is 0. The van der Waals surface area contributed by atoms with E-state index in [1.54, 1.807) is 18.2 Å². The van der Waals surface area contributed by atoms with Crippen LogP contribution in [0.5, 0.6) is 11.5 Å². The summed E-state index contributed by atoms with van der Waals surface area (Å²) in [7, 11) is 0. The van der Waals surface area contributed by atoms with Gasteiger partial charge in [-0.1, -0.05) is 26.0 Å². The minimum atomic E-state index is -0.121. The quantitative estimate of drug-likeness (QED) is 0.593. The van der Waals surface area contributed by atoms with Gasteiger partial charge in [-0.15, -0.1) is 12.4 Å². The number of rotatable bonds is 10. The lowest BCUT2D eigenvalue weighted by molar-refractivity contribution is 0.0953. The predicted molar refractivity (Wildman–Crippen MR) is 112 cm³/mol. The number of anilines is 1. The zero-order valence-electron chi connectivity index (χ0n) is 16.0. The molecule has 2 aromatic carbocycles. The van der Waals surface area contributed by atoms with Crippen LogP contribution >= 0.6 is 12.4 Å². The van der Waals surface area contributed by atoms with Crippen molar-refractivity contribution in [1.82, 2.24) is 5.32 Å². The second-order valence-electron chi connectivity index (χ2n) is 6.11. The number of carbonyl (C=O) groups is 1. The van der Waals surface area contributed by atoms with Crippen molar-refractivity contribution >= 4 is 24.0 Å². The third kappa shape index (κ3) is 7.39. The Kier molecular flexibility index (Phi) is 10.1. The van der Waals surface area contributed by atoms with Gasteiger partial charge in [0.05, 0.1) is 13.2 Å². The maximum atomic E-state index is 12.4. The zero-order valence-corrected chi connectivity index (χ0v) is 16.8. The number of nitrogens with one attached hydrogen (secondary N) is 1. The number of benzene rings is 2. The summed E-state index contributed by atoms with van der Waals surface area (Å²) in [5, 5.41) is 2.94. The maximum Gasteiger partial charge on any atom is 0.251 e. The fraction of sp³-hybridized carbons (Fsp3) is 0.381. The van der Waals surface area contributed by atoms with Crippen LogP contribution in [-0.4, -0.2) is 25.7 Å². The highest BCUT2D eigenvalue weighted by atomic mass is 35.5. The minimum Gasteiger partial charge on any atom is -0.490 e. The molecule has 5 nitrogen and oxygen atoms in total. The average molecular weight is 393 g/mol. The van der Waals surface area contributed by atoms with Crippen molar-refractivity contribution < 1.29 is 14.3 Å². The second kappa shape index (κ2) is 12.1. The Morgan fingerprint density at radius 3 is 2.22 bits per heavy atom. The molecular weight excluding hydrogens is 364 g/mol. The maximum absolute atomic E-state index is 12.4. The molecule has 0 aliphatic heterocycles. The molecule has 0 saturated heterocycles. The monoisotopic (exact) mass is 392 g/mol. The summed E-state index contributed by atoms with van der Waals surface area (Å²) in [6.45, 7) is 5.86. The number of hydrogen-bond donors (Lipinski definition) is 2. The largest absolute Gasteiger partial charge is 0.490 e. The molecular formula is C21H29ClN2O3. The number of nitrogens with two attached hydrogens (primary N) is 1. The van der Waals surface area contributed by atoms with Gasteiger partial charge in [-0.05, 0) is 55.2 Å². The van der Waals surface area contributed by atoms with Crippen molar-refractivity contribution in [1.29, 1.82) is 0 Å². The normalized spacial score (nSPS) is 10.0. The van der Waals surface area contributed by atoms with E-state index in [1.807, 2.05) is 31.2 Å². The van der Waals surface area contributed by atoms with Crippen LogP contribution in [0.4, 0.5) is 5.69 Å². The summed E-state index contributed by atoms with van der Waals surface area (Å²) in [6, 6.07) is 13.0. The van der Waals surface area contributed by atoms with E-state index in [4.69, 9.17) is 15.2 Å². The van der Waals surface area contributed by atoms with Crippen molar-refractivity contribution in [3.8, 4) is 11.5 Å².